The molecule has 4 rings (SSSR count). The summed E-state index contributed by atoms with van der Waals surface area (Å²) in [6.45, 7) is 6.72. The first-order valence-corrected chi connectivity index (χ1v) is 12.3. The van der Waals surface area contributed by atoms with Crippen molar-refractivity contribution in [3.8, 4) is 5.75 Å². The van der Waals surface area contributed by atoms with Crippen molar-refractivity contribution >= 4 is 6.03 Å². The predicted molar refractivity (Wildman–Crippen MR) is 129 cm³/mol. The molecule has 2 fully saturated rings. The summed E-state index contributed by atoms with van der Waals surface area (Å²) < 4.78 is 34.3. The molecule has 0 bridgehead atoms. The lowest BCUT2D eigenvalue weighted by Crippen LogP contribution is -2.57. The maximum absolute atomic E-state index is 15.3. The van der Waals surface area contributed by atoms with E-state index in [0.717, 1.165) is 36.3 Å². The summed E-state index contributed by atoms with van der Waals surface area (Å²) in [6.07, 6.45) is 1.68. The molecule has 0 unspecified atom stereocenters. The third kappa shape index (κ3) is 6.26. The number of benzene rings is 2. The number of nitrogens with zero attached hydrogens (tertiary/aromatic N) is 2. The van der Waals surface area contributed by atoms with Gasteiger partial charge in [-0.25, -0.2) is 13.6 Å². The van der Waals surface area contributed by atoms with E-state index in [1.807, 2.05) is 24.3 Å². The van der Waals surface area contributed by atoms with Crippen molar-refractivity contribution in [3.05, 3.63) is 65.5 Å². The number of urea groups is 1. The van der Waals surface area contributed by atoms with Gasteiger partial charge in [-0.3, -0.25) is 4.90 Å². The van der Waals surface area contributed by atoms with Gasteiger partial charge in [-0.05, 0) is 67.1 Å². The van der Waals surface area contributed by atoms with Gasteiger partial charge >= 0.3 is 6.03 Å². The lowest BCUT2D eigenvalue weighted by Gasteiger charge is -2.42. The summed E-state index contributed by atoms with van der Waals surface area (Å²) in [5.74, 6) is 0.899. The van der Waals surface area contributed by atoms with Crippen LogP contribution in [-0.2, 0) is 13.1 Å². The summed E-state index contributed by atoms with van der Waals surface area (Å²) in [7, 11) is 0. The quantitative estimate of drug-likeness (QED) is 0.579. The highest BCUT2D eigenvalue weighted by Gasteiger charge is 2.42. The summed E-state index contributed by atoms with van der Waals surface area (Å²) >= 11 is 0. The number of nitrogens with one attached hydrogen (secondary N) is 1. The van der Waals surface area contributed by atoms with Gasteiger partial charge in [0.15, 0.2) is 0 Å². The Kier molecular flexibility index (Phi) is 8.03. The van der Waals surface area contributed by atoms with Crippen LogP contribution in [0.4, 0.5) is 13.6 Å². The summed E-state index contributed by atoms with van der Waals surface area (Å²) in [5, 5.41) is 2.92. The van der Waals surface area contributed by atoms with Crippen molar-refractivity contribution in [2.24, 2.45) is 5.92 Å². The van der Waals surface area contributed by atoms with Crippen molar-refractivity contribution in [1.82, 2.24) is 15.1 Å². The largest absolute Gasteiger partial charge is 0.493 e. The van der Waals surface area contributed by atoms with Crippen LogP contribution in [0.1, 0.15) is 44.2 Å². The predicted octanol–water partition coefficient (Wildman–Crippen LogP) is 5.15. The molecule has 2 saturated heterocycles. The van der Waals surface area contributed by atoms with Gasteiger partial charge < -0.3 is 15.0 Å². The fourth-order valence-electron chi connectivity index (χ4n) is 4.87. The van der Waals surface area contributed by atoms with Crippen LogP contribution in [0.5, 0.6) is 5.75 Å². The van der Waals surface area contributed by atoms with E-state index in [9.17, 15) is 9.18 Å². The first kappa shape index (κ1) is 24.5. The topological polar surface area (TPSA) is 44.8 Å². The summed E-state index contributed by atoms with van der Waals surface area (Å²) in [4.78, 5) is 17.2. The minimum atomic E-state index is -1.10. The standard InChI is InChI=1S/C27H35F2N3O2/c1-19(2)18-34-24-11-7-21(8-12-24)16-32(26-14-23-4-3-13-31(23)17-25(26)29)27(33)30-15-20-5-9-22(28)10-6-20/h5-12,19,23,25-26H,3-4,13-18H2,1-2H3,(H,30,33)/t23-,25+,26-/m1/s1. The fraction of sp³-hybridized carbons (Fsp3) is 0.519. The van der Waals surface area contributed by atoms with Gasteiger partial charge in [0.2, 0.25) is 0 Å². The monoisotopic (exact) mass is 471 g/mol. The van der Waals surface area contributed by atoms with Crippen LogP contribution < -0.4 is 10.1 Å². The zero-order chi connectivity index (χ0) is 24.1. The number of piperidine rings is 1. The van der Waals surface area contributed by atoms with E-state index in [2.05, 4.69) is 24.1 Å². The Labute approximate surface area is 201 Å². The number of rotatable bonds is 8. The molecular formula is C27H35F2N3O2. The molecule has 2 heterocycles. The Morgan fingerprint density at radius 3 is 2.56 bits per heavy atom. The molecule has 0 saturated carbocycles. The summed E-state index contributed by atoms with van der Waals surface area (Å²) in [5.41, 5.74) is 1.72. The molecule has 0 spiro atoms. The highest BCUT2D eigenvalue weighted by molar-refractivity contribution is 5.74. The van der Waals surface area contributed by atoms with Crippen molar-refractivity contribution in [3.63, 3.8) is 0 Å². The van der Waals surface area contributed by atoms with E-state index < -0.39 is 12.2 Å². The number of alkyl halides is 1. The number of fused-ring (bicyclic) bond motifs is 1. The summed E-state index contributed by atoms with van der Waals surface area (Å²) in [6, 6.07) is 13.3. The molecule has 2 aromatic carbocycles. The molecule has 2 amide bonds. The first-order chi connectivity index (χ1) is 16.4. The number of ether oxygens (including phenoxy) is 1. The normalized spacial score (nSPS) is 22.4. The smallest absolute Gasteiger partial charge is 0.318 e. The zero-order valence-corrected chi connectivity index (χ0v) is 20.1. The van der Waals surface area contributed by atoms with Crippen LogP contribution in [0.3, 0.4) is 0 Å². The number of amides is 2. The van der Waals surface area contributed by atoms with Crippen molar-refractivity contribution < 1.29 is 18.3 Å². The lowest BCUT2D eigenvalue weighted by molar-refractivity contribution is 0.0311. The van der Waals surface area contributed by atoms with Crippen molar-refractivity contribution in [2.45, 2.75) is 64.5 Å². The minimum Gasteiger partial charge on any atom is -0.493 e. The number of hydrogen-bond donors (Lipinski definition) is 1. The third-order valence-corrected chi connectivity index (χ3v) is 6.72. The number of carbonyl (C=O) groups excluding carboxylic acids is 1. The molecule has 0 aliphatic carbocycles. The lowest BCUT2D eigenvalue weighted by atomic mass is 9.94. The van der Waals surface area contributed by atoms with E-state index in [0.29, 0.717) is 38.1 Å². The Morgan fingerprint density at radius 1 is 1.15 bits per heavy atom. The molecule has 2 aromatic rings. The van der Waals surface area contributed by atoms with E-state index in [-0.39, 0.29) is 18.4 Å². The molecule has 0 radical (unpaired) electrons. The van der Waals surface area contributed by atoms with Crippen LogP contribution in [0.15, 0.2) is 48.5 Å². The number of hydrogen-bond acceptors (Lipinski definition) is 3. The van der Waals surface area contributed by atoms with Crippen LogP contribution in [-0.4, -0.2) is 53.8 Å². The van der Waals surface area contributed by atoms with E-state index in [4.69, 9.17) is 4.74 Å². The zero-order valence-electron chi connectivity index (χ0n) is 20.1. The third-order valence-electron chi connectivity index (χ3n) is 6.72. The van der Waals surface area contributed by atoms with Crippen LogP contribution in [0, 0.1) is 11.7 Å². The van der Waals surface area contributed by atoms with Crippen molar-refractivity contribution in [1.29, 1.82) is 0 Å². The Bertz CT molecular complexity index is 936. The van der Waals surface area contributed by atoms with Gasteiger partial charge in [0.25, 0.3) is 0 Å². The minimum absolute atomic E-state index is 0.261. The van der Waals surface area contributed by atoms with Gasteiger partial charge in [0, 0.05) is 25.7 Å². The van der Waals surface area contributed by atoms with Gasteiger partial charge in [-0.15, -0.1) is 0 Å². The molecule has 7 heteroatoms. The maximum Gasteiger partial charge on any atom is 0.318 e. The Hall–Kier alpha value is -2.67. The molecule has 3 atom stereocenters. The van der Waals surface area contributed by atoms with Gasteiger partial charge in [-0.1, -0.05) is 38.1 Å². The molecule has 184 valence electrons. The maximum atomic E-state index is 15.3. The van der Waals surface area contributed by atoms with Gasteiger partial charge in [0.1, 0.15) is 17.7 Å². The average Bonchev–Trinajstić information content (AvgIpc) is 3.28. The molecule has 0 aromatic heterocycles. The van der Waals surface area contributed by atoms with Crippen LogP contribution in [0.25, 0.3) is 0 Å². The second kappa shape index (κ2) is 11.2. The molecule has 2 aliphatic heterocycles. The SMILES string of the molecule is CC(C)COc1ccc(CN(C(=O)NCc2ccc(F)cc2)[C@@H]2C[C@H]3CCCN3C[C@@H]2F)cc1. The van der Waals surface area contributed by atoms with Gasteiger partial charge in [-0.2, -0.15) is 0 Å². The molecular weight excluding hydrogens is 436 g/mol. The number of carbonyl (C=O) groups is 1. The van der Waals surface area contributed by atoms with Gasteiger partial charge in [0.05, 0.1) is 12.6 Å². The average molecular weight is 472 g/mol. The molecule has 5 nitrogen and oxygen atoms in total. The first-order valence-electron chi connectivity index (χ1n) is 12.3. The Balaban J connectivity index is 1.47. The second-order valence-electron chi connectivity index (χ2n) is 9.87. The van der Waals surface area contributed by atoms with Crippen LogP contribution in [0.2, 0.25) is 0 Å². The number of halogens is 2. The second-order valence-corrected chi connectivity index (χ2v) is 9.87. The Morgan fingerprint density at radius 2 is 1.85 bits per heavy atom. The highest BCUT2D eigenvalue weighted by atomic mass is 19.1. The fourth-order valence-corrected chi connectivity index (χ4v) is 4.87. The van der Waals surface area contributed by atoms with E-state index in [1.165, 1.54) is 12.1 Å². The van der Waals surface area contributed by atoms with Crippen molar-refractivity contribution in [2.75, 3.05) is 19.7 Å². The molecule has 1 N–H and O–H groups in total. The highest BCUT2D eigenvalue weighted by Crippen LogP contribution is 2.32. The van der Waals surface area contributed by atoms with E-state index >= 15 is 4.39 Å². The van der Waals surface area contributed by atoms with Crippen LogP contribution >= 0.6 is 0 Å². The van der Waals surface area contributed by atoms with E-state index in [1.54, 1.807) is 17.0 Å². The molecule has 34 heavy (non-hydrogen) atoms. The molecule has 2 aliphatic rings.